The third-order valence-electron chi connectivity index (χ3n) is 11.3. The highest BCUT2D eigenvalue weighted by molar-refractivity contribution is 9.10. The molecule has 1 atom stereocenters. The van der Waals surface area contributed by atoms with Crippen molar-refractivity contribution in [3.63, 3.8) is 0 Å². The van der Waals surface area contributed by atoms with Crippen LogP contribution in [0.5, 0.6) is 0 Å². The highest BCUT2D eigenvalue weighted by Crippen LogP contribution is 2.29. The van der Waals surface area contributed by atoms with E-state index in [0.29, 0.717) is 44.5 Å². The molecule has 12 rings (SSSR count). The Morgan fingerprint density at radius 1 is 0.800 bits per heavy atom. The van der Waals surface area contributed by atoms with Crippen LogP contribution >= 0.6 is 78.0 Å². The van der Waals surface area contributed by atoms with E-state index in [1.54, 1.807) is 61.9 Å². The normalized spacial score (nSPS) is 12.8. The molecular weight excluding hydrogens is 1290 g/mol. The van der Waals surface area contributed by atoms with Gasteiger partial charge in [0.15, 0.2) is 5.78 Å². The van der Waals surface area contributed by atoms with E-state index in [1.807, 2.05) is 118 Å². The molecule has 0 amide bonds. The molecule has 24 heteroatoms. The minimum Gasteiger partial charge on any atom is -0.477 e. The number of halogens is 5. The van der Waals surface area contributed by atoms with Crippen LogP contribution in [0, 0.1) is 0 Å². The van der Waals surface area contributed by atoms with E-state index in [9.17, 15) is 14.4 Å². The lowest BCUT2D eigenvalue weighted by molar-refractivity contribution is 0.0522. The molecule has 1 unspecified atom stereocenters. The average molecular weight is 1360 g/mol. The summed E-state index contributed by atoms with van der Waals surface area (Å²) in [6.07, 6.45) is 9.32. The molecular formula is C61H63Br2Cl3N12O6S. The van der Waals surface area contributed by atoms with Crippen LogP contribution in [0.15, 0.2) is 166 Å². The van der Waals surface area contributed by atoms with Gasteiger partial charge in [0.2, 0.25) is 10.6 Å². The third-order valence-corrected chi connectivity index (χ3v) is 14.1. The van der Waals surface area contributed by atoms with Crippen molar-refractivity contribution < 1.29 is 29.0 Å². The summed E-state index contributed by atoms with van der Waals surface area (Å²) in [5.41, 5.74) is 17.2. The Morgan fingerprint density at radius 3 is 1.98 bits per heavy atom. The zero-order valence-corrected chi connectivity index (χ0v) is 51.2. The van der Waals surface area contributed by atoms with Crippen LogP contribution in [0.1, 0.15) is 74.7 Å². The maximum absolute atomic E-state index is 12.2. The number of ketones is 1. The molecule has 0 radical (unpaired) electrons. The summed E-state index contributed by atoms with van der Waals surface area (Å²) in [5, 5.41) is 23.0. The molecule has 18 nitrogen and oxygen atoms in total. The minimum atomic E-state index is -0.864. The molecule has 2 aliphatic rings. The van der Waals surface area contributed by atoms with Gasteiger partial charge < -0.3 is 41.7 Å². The van der Waals surface area contributed by atoms with Gasteiger partial charge in [-0.25, -0.2) is 29.5 Å². The predicted octanol–water partition coefficient (Wildman–Crippen LogP) is 16.8. The van der Waals surface area contributed by atoms with Gasteiger partial charge in [0.25, 0.3) is 0 Å². The second kappa shape index (κ2) is 32.6. The zero-order valence-electron chi connectivity index (χ0n) is 45.0. The van der Waals surface area contributed by atoms with Gasteiger partial charge in [-0.05, 0) is 158 Å². The number of rotatable bonds is 7. The standard InChI is InChI=1S/C16H16ClN5O2.C14H11ClN4.C10H8BrNO.C9H5BrO2S.C6H6ClN.C4H9NO.2CH4/c1-16(2,3)24-15(23)22-12-5-4-11(8-10(12)9-19-22)20-13-6-7-18-14(17)21-13;15-14-17-8-6-13(19-14)18-12-3-1-10(2-4-12)11-5-7-16-9-11;1-6(13)9-4-7-2-3-8(11)5-10(7)12-9;10-6-2-1-5-3-8(9(11)12)13-7(5)4-6;7-5-3-1-2-4-6(5)8;5-4-1-2-6-3-4;;/h4-9H,1-3H3,(H,18,20,21);1-6,8-9H,7H2,(H,17,18,19);2-5,12H,1H3;1-4H,(H,11,12);1-4H,8H2;4H,1-3,5H2;2*1H4. The number of benzene rings is 5. The maximum Gasteiger partial charge on any atom is 0.435 e. The van der Waals surface area contributed by atoms with Gasteiger partial charge >= 0.3 is 12.1 Å². The van der Waals surface area contributed by atoms with E-state index in [-0.39, 0.29) is 31.2 Å². The van der Waals surface area contributed by atoms with Crippen molar-refractivity contribution in [1.82, 2.24) is 34.7 Å². The van der Waals surface area contributed by atoms with E-state index >= 15 is 0 Å². The second-order valence-corrected chi connectivity index (χ2v) is 22.9. The van der Waals surface area contributed by atoms with E-state index in [2.05, 4.69) is 83.6 Å². The number of carbonyl (C=O) groups is 3. The largest absolute Gasteiger partial charge is 0.477 e. The molecule has 8 N–H and O–H groups in total. The minimum absolute atomic E-state index is 0. The first-order chi connectivity index (χ1) is 39.7. The number of aromatic nitrogens is 7. The number of carbonyl (C=O) groups excluding carboxylic acids is 2. The Hall–Kier alpha value is -7.60. The number of Topliss-reactive ketones (excluding diaryl/α,β-unsaturated/α-hetero) is 1. The number of thiophene rings is 1. The van der Waals surface area contributed by atoms with Crippen molar-refractivity contribution >= 4 is 168 Å². The first-order valence-corrected chi connectivity index (χ1v) is 28.8. The molecule has 10 aromatic rings. The number of anilines is 5. The van der Waals surface area contributed by atoms with E-state index < -0.39 is 17.7 Å². The van der Waals surface area contributed by atoms with Crippen LogP contribution in [-0.2, 0) is 9.47 Å². The summed E-state index contributed by atoms with van der Waals surface area (Å²) >= 11 is 25.1. The van der Waals surface area contributed by atoms with Crippen LogP contribution in [-0.4, -0.2) is 95.3 Å². The maximum atomic E-state index is 12.2. The summed E-state index contributed by atoms with van der Waals surface area (Å²) < 4.78 is 14.5. The summed E-state index contributed by atoms with van der Waals surface area (Å²) in [6.45, 7) is 9.39. The fourth-order valence-electron chi connectivity index (χ4n) is 7.39. The number of H-pyrrole nitrogens is 1. The number of para-hydroxylation sites is 1. The Bertz CT molecular complexity index is 3810. The number of carboxylic acid groups (broad SMARTS) is 1. The molecule has 5 aromatic heterocycles. The fraction of sp³-hybridized carbons (Fsp3) is 0.197. The topological polar surface area (TPSA) is 264 Å². The number of hydrogen-bond acceptors (Lipinski definition) is 16. The molecule has 85 heavy (non-hydrogen) atoms. The molecule has 7 heterocycles. The van der Waals surface area contributed by atoms with E-state index in [4.69, 9.17) is 60.9 Å². The number of nitrogens with two attached hydrogens (primary N) is 2. The van der Waals surface area contributed by atoms with Gasteiger partial charge in [0.05, 0.1) is 41.3 Å². The van der Waals surface area contributed by atoms with Crippen LogP contribution in [0.4, 0.5) is 33.5 Å². The number of aromatic amines is 1. The SMILES string of the molecule is C.C.CC(=O)c1cc2ccc(Br)cc2[nH]1.CC(C)(C)OC(=O)n1ncc2cc(Nc3ccnc(Cl)n3)ccc21.Clc1nccc(Nc2ccc(C3=CCN=C3)cc2)n1.NC1CCOC1.Nc1ccccc1Cl.O=C(O)c1cc2ccc(Br)cc2s1. The van der Waals surface area contributed by atoms with Gasteiger partial charge in [-0.2, -0.15) is 9.78 Å². The average Bonchev–Trinajstić information content (AvgIpc) is 2.88. The van der Waals surface area contributed by atoms with Crippen LogP contribution < -0.4 is 22.1 Å². The molecule has 2 aliphatic heterocycles. The van der Waals surface area contributed by atoms with Crippen molar-refractivity contribution in [2.45, 2.75) is 60.6 Å². The highest BCUT2D eigenvalue weighted by Gasteiger charge is 2.20. The number of nitrogens with zero attached hydrogens (tertiary/aromatic N) is 7. The fourth-order valence-corrected chi connectivity index (χ4v) is 9.63. The summed E-state index contributed by atoms with van der Waals surface area (Å²) in [7, 11) is 0. The quantitative estimate of drug-likeness (QED) is 0.0492. The number of aromatic carboxylic acids is 1. The van der Waals surface area contributed by atoms with Gasteiger partial charge in [-0.3, -0.25) is 9.79 Å². The molecule has 0 saturated carbocycles. The van der Waals surface area contributed by atoms with Crippen molar-refractivity contribution in [3.05, 3.63) is 193 Å². The molecule has 444 valence electrons. The van der Waals surface area contributed by atoms with Crippen molar-refractivity contribution in [3.8, 4) is 0 Å². The van der Waals surface area contributed by atoms with Gasteiger partial charge in [0, 0.05) is 79.5 Å². The number of nitrogen functional groups attached to an aromatic ring is 1. The van der Waals surface area contributed by atoms with E-state index in [0.717, 1.165) is 84.0 Å². The predicted molar refractivity (Wildman–Crippen MR) is 355 cm³/mol. The van der Waals surface area contributed by atoms with Crippen LogP contribution in [0.2, 0.25) is 15.6 Å². The lowest BCUT2D eigenvalue weighted by Gasteiger charge is -2.19. The van der Waals surface area contributed by atoms with Gasteiger partial charge in [0.1, 0.15) is 22.1 Å². The molecule has 5 aromatic carbocycles. The molecule has 0 spiro atoms. The number of allylic oxidation sites excluding steroid dienone is 1. The molecule has 1 fully saturated rings. The molecule has 1 saturated heterocycles. The first-order valence-electron chi connectivity index (χ1n) is 25.2. The summed E-state index contributed by atoms with van der Waals surface area (Å²) in [6, 6.07) is 39.8. The van der Waals surface area contributed by atoms with Crippen molar-refractivity contribution in [2.75, 3.05) is 36.1 Å². The van der Waals surface area contributed by atoms with Crippen molar-refractivity contribution in [1.29, 1.82) is 0 Å². The smallest absolute Gasteiger partial charge is 0.435 e. The third kappa shape index (κ3) is 21.5. The Morgan fingerprint density at radius 2 is 1.44 bits per heavy atom. The molecule has 0 bridgehead atoms. The number of hydrogen-bond donors (Lipinski definition) is 6. The summed E-state index contributed by atoms with van der Waals surface area (Å²) in [5.74, 6) is 0.452. The second-order valence-electron chi connectivity index (χ2n) is 18.9. The van der Waals surface area contributed by atoms with Gasteiger partial charge in [-0.1, -0.05) is 101 Å². The van der Waals surface area contributed by atoms with E-state index in [1.165, 1.54) is 16.0 Å². The number of ether oxygens (including phenoxy) is 2. The number of carboxylic acids is 1. The summed E-state index contributed by atoms with van der Waals surface area (Å²) in [4.78, 5) is 57.3. The van der Waals surface area contributed by atoms with Crippen LogP contribution in [0.3, 0.4) is 0 Å². The monoisotopic (exact) mass is 1350 g/mol. The number of nitrogens with one attached hydrogen (secondary N) is 3. The highest BCUT2D eigenvalue weighted by atomic mass is 79.9. The van der Waals surface area contributed by atoms with Crippen molar-refractivity contribution in [2.24, 2.45) is 10.7 Å². The first kappa shape index (κ1) is 68.2. The molecule has 0 aliphatic carbocycles. The van der Waals surface area contributed by atoms with Crippen LogP contribution in [0.25, 0.3) is 37.5 Å². The lowest BCUT2D eigenvalue weighted by Crippen LogP contribution is -2.27. The number of fused-ring (bicyclic) bond motifs is 3. The number of aliphatic imine (C=N–C) groups is 1. The Balaban J connectivity index is 0.000000195. The van der Waals surface area contributed by atoms with Gasteiger partial charge in [-0.15, -0.1) is 11.3 Å². The zero-order chi connectivity index (χ0) is 59.6. The Labute approximate surface area is 528 Å². The Kier molecular flexibility index (Phi) is 26.2. The lowest BCUT2D eigenvalue weighted by atomic mass is 10.1.